The predicted octanol–water partition coefficient (Wildman–Crippen LogP) is 3.37. The number of benzene rings is 2. The van der Waals surface area contributed by atoms with Gasteiger partial charge in [-0.25, -0.2) is 0 Å². The van der Waals surface area contributed by atoms with Gasteiger partial charge in [-0.15, -0.1) is 24.8 Å². The third kappa shape index (κ3) is 6.61. The number of nitrogens with two attached hydrogens (primary N) is 1. The van der Waals surface area contributed by atoms with Crippen molar-refractivity contribution in [2.45, 2.75) is 19.4 Å². The molecule has 5 heteroatoms. The van der Waals surface area contributed by atoms with Crippen LogP contribution in [0.25, 0.3) is 0 Å². The van der Waals surface area contributed by atoms with Crippen LogP contribution in [0.2, 0.25) is 0 Å². The van der Waals surface area contributed by atoms with Gasteiger partial charge < -0.3 is 11.1 Å². The van der Waals surface area contributed by atoms with Crippen molar-refractivity contribution in [1.29, 1.82) is 0 Å². The summed E-state index contributed by atoms with van der Waals surface area (Å²) in [6.45, 7) is 0.919. The average Bonchev–Trinajstić information content (AvgIpc) is 2.54. The fraction of sp³-hybridized carbons (Fsp3) is 0.278. The highest BCUT2D eigenvalue weighted by atomic mass is 35.5. The van der Waals surface area contributed by atoms with Crippen LogP contribution in [0.15, 0.2) is 53.5 Å². The van der Waals surface area contributed by atoms with Crippen molar-refractivity contribution in [2.24, 2.45) is 10.7 Å². The van der Waals surface area contributed by atoms with Crippen molar-refractivity contribution in [3.05, 3.63) is 70.8 Å². The third-order valence-electron chi connectivity index (χ3n) is 3.60. The fourth-order valence-electron chi connectivity index (χ4n) is 2.29. The summed E-state index contributed by atoms with van der Waals surface area (Å²) in [7, 11) is 3.68. The Morgan fingerprint density at radius 1 is 0.870 bits per heavy atom. The summed E-state index contributed by atoms with van der Waals surface area (Å²) in [5.74, 6) is 0.585. The van der Waals surface area contributed by atoms with Crippen LogP contribution < -0.4 is 11.1 Å². The van der Waals surface area contributed by atoms with Gasteiger partial charge in [0.1, 0.15) is 5.84 Å². The molecule has 0 heterocycles. The van der Waals surface area contributed by atoms with Crippen LogP contribution in [0.3, 0.4) is 0 Å². The van der Waals surface area contributed by atoms with E-state index in [2.05, 4.69) is 46.7 Å². The minimum Gasteiger partial charge on any atom is -0.384 e. The summed E-state index contributed by atoms with van der Waals surface area (Å²) >= 11 is 0. The van der Waals surface area contributed by atoms with Crippen LogP contribution in [-0.2, 0) is 19.4 Å². The molecule has 2 rings (SSSR count). The molecular weight excluding hydrogens is 329 g/mol. The Morgan fingerprint density at radius 3 is 1.74 bits per heavy atom. The average molecular weight is 354 g/mol. The van der Waals surface area contributed by atoms with Crippen LogP contribution in [0, 0.1) is 0 Å². The van der Waals surface area contributed by atoms with E-state index in [0.717, 1.165) is 24.9 Å². The highest BCUT2D eigenvalue weighted by molar-refractivity contribution is 5.97. The Balaban J connectivity index is 0.00000242. The van der Waals surface area contributed by atoms with E-state index in [9.17, 15) is 0 Å². The highest BCUT2D eigenvalue weighted by Crippen LogP contribution is 2.10. The van der Waals surface area contributed by atoms with Gasteiger partial charge in [0.15, 0.2) is 0 Å². The maximum Gasteiger partial charge on any atom is 0.125 e. The molecular formula is C18H25Cl2N3. The minimum atomic E-state index is 0. The van der Waals surface area contributed by atoms with Crippen molar-refractivity contribution in [1.82, 2.24) is 5.32 Å². The van der Waals surface area contributed by atoms with Crippen LogP contribution >= 0.6 is 24.8 Å². The number of amidine groups is 1. The lowest BCUT2D eigenvalue weighted by molar-refractivity contribution is 0.816. The molecule has 0 radical (unpaired) electrons. The summed E-state index contributed by atoms with van der Waals surface area (Å²) in [5.41, 5.74) is 10.8. The zero-order valence-corrected chi connectivity index (χ0v) is 15.2. The van der Waals surface area contributed by atoms with E-state index in [0.29, 0.717) is 5.84 Å². The quantitative estimate of drug-likeness (QED) is 0.617. The van der Waals surface area contributed by atoms with Crippen molar-refractivity contribution < 1.29 is 0 Å². The standard InChI is InChI=1S/C18H23N3.2ClH/c1-20-13-16-7-5-14(6-8-16)3-4-15-9-11-17(12-10-15)18(19)21-2;;/h5-12,20H,3-4,13H2,1-2H3,(H2,19,21);2*1H. The Morgan fingerprint density at radius 2 is 1.30 bits per heavy atom. The molecule has 23 heavy (non-hydrogen) atoms. The molecule has 0 atom stereocenters. The summed E-state index contributed by atoms with van der Waals surface area (Å²) in [6.07, 6.45) is 2.09. The van der Waals surface area contributed by atoms with Crippen molar-refractivity contribution in [3.8, 4) is 0 Å². The molecule has 0 aliphatic rings. The first-order valence-corrected chi connectivity index (χ1v) is 7.27. The molecule has 0 saturated heterocycles. The first kappa shape index (κ1) is 21.4. The summed E-state index contributed by atoms with van der Waals surface area (Å²) in [4.78, 5) is 3.99. The van der Waals surface area contributed by atoms with Gasteiger partial charge in [-0.3, -0.25) is 4.99 Å². The van der Waals surface area contributed by atoms with Crippen LogP contribution in [0.4, 0.5) is 0 Å². The largest absolute Gasteiger partial charge is 0.384 e. The number of aryl methyl sites for hydroxylation is 2. The molecule has 0 aliphatic carbocycles. The molecule has 2 aromatic rings. The van der Waals surface area contributed by atoms with Gasteiger partial charge in [-0.1, -0.05) is 48.5 Å². The third-order valence-corrected chi connectivity index (χ3v) is 3.60. The van der Waals surface area contributed by atoms with Gasteiger partial charge in [-0.2, -0.15) is 0 Å². The van der Waals surface area contributed by atoms with Gasteiger partial charge >= 0.3 is 0 Å². The van der Waals surface area contributed by atoms with E-state index in [1.165, 1.54) is 16.7 Å². The summed E-state index contributed by atoms with van der Waals surface area (Å²) < 4.78 is 0. The highest BCUT2D eigenvalue weighted by Gasteiger charge is 2.00. The number of halogens is 2. The lowest BCUT2D eigenvalue weighted by Crippen LogP contribution is -2.12. The van der Waals surface area contributed by atoms with Crippen LogP contribution in [-0.4, -0.2) is 19.9 Å². The van der Waals surface area contributed by atoms with Gasteiger partial charge in [0.25, 0.3) is 0 Å². The van der Waals surface area contributed by atoms with Crippen molar-refractivity contribution in [2.75, 3.05) is 14.1 Å². The SMILES string of the molecule is CN=C(N)c1ccc(CCc2ccc(CNC)cc2)cc1.Cl.Cl. The number of nitrogens with zero attached hydrogens (tertiary/aromatic N) is 1. The van der Waals surface area contributed by atoms with Crippen molar-refractivity contribution in [3.63, 3.8) is 0 Å². The van der Waals surface area contributed by atoms with Gasteiger partial charge in [0, 0.05) is 19.2 Å². The normalized spacial score (nSPS) is 10.6. The van der Waals surface area contributed by atoms with Crippen molar-refractivity contribution >= 4 is 30.6 Å². The molecule has 0 bridgehead atoms. The van der Waals surface area contributed by atoms with E-state index >= 15 is 0 Å². The van der Waals surface area contributed by atoms with Crippen LogP contribution in [0.1, 0.15) is 22.3 Å². The summed E-state index contributed by atoms with van der Waals surface area (Å²) in [6, 6.07) is 17.1. The predicted molar refractivity (Wildman–Crippen MR) is 104 cm³/mol. The number of rotatable bonds is 6. The van der Waals surface area contributed by atoms with Crippen LogP contribution in [0.5, 0.6) is 0 Å². The topological polar surface area (TPSA) is 50.4 Å². The zero-order valence-electron chi connectivity index (χ0n) is 13.6. The molecule has 126 valence electrons. The fourth-order valence-corrected chi connectivity index (χ4v) is 2.29. The first-order valence-electron chi connectivity index (χ1n) is 7.27. The van der Waals surface area contributed by atoms with Gasteiger partial charge in [-0.05, 0) is 36.6 Å². The molecule has 2 aromatic carbocycles. The molecule has 0 amide bonds. The Hall–Kier alpha value is -1.55. The number of aliphatic imine (C=N–C) groups is 1. The molecule has 0 spiro atoms. The number of hydrogen-bond donors (Lipinski definition) is 2. The first-order chi connectivity index (χ1) is 10.2. The second-order valence-corrected chi connectivity index (χ2v) is 5.15. The Kier molecular flexibility index (Phi) is 10.3. The molecule has 0 saturated carbocycles. The van der Waals surface area contributed by atoms with Gasteiger partial charge in [0.2, 0.25) is 0 Å². The zero-order chi connectivity index (χ0) is 15.1. The van der Waals surface area contributed by atoms with E-state index < -0.39 is 0 Å². The minimum absolute atomic E-state index is 0. The Bertz CT molecular complexity index is 593. The lowest BCUT2D eigenvalue weighted by atomic mass is 10.0. The van der Waals surface area contributed by atoms with E-state index in [1.54, 1.807) is 7.05 Å². The number of hydrogen-bond acceptors (Lipinski definition) is 2. The molecule has 0 aromatic heterocycles. The molecule has 3 N–H and O–H groups in total. The lowest BCUT2D eigenvalue weighted by Gasteiger charge is -2.06. The maximum atomic E-state index is 5.79. The second-order valence-electron chi connectivity index (χ2n) is 5.15. The van der Waals surface area contributed by atoms with E-state index in [1.807, 2.05) is 19.2 Å². The molecule has 3 nitrogen and oxygen atoms in total. The smallest absolute Gasteiger partial charge is 0.125 e. The molecule has 0 unspecified atom stereocenters. The Labute approximate surface area is 151 Å². The molecule has 0 fully saturated rings. The summed E-state index contributed by atoms with van der Waals surface area (Å²) in [5, 5.41) is 3.16. The monoisotopic (exact) mass is 353 g/mol. The molecule has 0 aliphatic heterocycles. The number of nitrogens with one attached hydrogen (secondary N) is 1. The second kappa shape index (κ2) is 11.1. The van der Waals surface area contributed by atoms with E-state index in [-0.39, 0.29) is 24.8 Å². The van der Waals surface area contributed by atoms with Gasteiger partial charge in [0.05, 0.1) is 0 Å². The van der Waals surface area contributed by atoms with E-state index in [4.69, 9.17) is 5.73 Å². The maximum absolute atomic E-state index is 5.79.